The van der Waals surface area contributed by atoms with Crippen LogP contribution in [0.4, 0.5) is 0 Å². The second-order valence-corrected chi connectivity index (χ2v) is 5.10. The van der Waals surface area contributed by atoms with Crippen LogP contribution in [0, 0.1) is 0 Å². The van der Waals surface area contributed by atoms with E-state index < -0.39 is 5.97 Å². The minimum absolute atomic E-state index is 0.0321. The first-order valence-corrected chi connectivity index (χ1v) is 6.33. The fraction of sp³-hybridized carbons (Fsp3) is 0. The maximum absolute atomic E-state index is 11.1. The number of halogens is 4. The van der Waals surface area contributed by atoms with Crippen molar-refractivity contribution in [2.75, 3.05) is 0 Å². The minimum Gasteiger partial charge on any atom is -0.476 e. The number of carbonyl (C=O) groups is 1. The maximum Gasteiger partial charge on any atom is 0.356 e. The normalized spacial score (nSPS) is 10.7. The number of aromatic carboxylic acids is 1. The van der Waals surface area contributed by atoms with Crippen molar-refractivity contribution < 1.29 is 9.90 Å². The first-order chi connectivity index (χ1) is 8.41. The SMILES string of the molecule is O=C(O)c1c(Cl)c(Br)nn1-c1ncc(Cl)cc1Cl. The number of hydrogen-bond acceptors (Lipinski definition) is 3. The molecule has 2 heterocycles. The molecule has 2 aromatic rings. The van der Waals surface area contributed by atoms with E-state index in [4.69, 9.17) is 39.9 Å². The standard InChI is InChI=1S/C9H3BrCl3N3O2/c10-7-5(13)6(9(17)18)16(15-7)8-4(12)1-3(11)2-14-8/h1-2H,(H,17,18). The molecule has 2 aromatic heterocycles. The Morgan fingerprint density at radius 1 is 1.39 bits per heavy atom. The molecule has 0 aliphatic carbocycles. The second-order valence-electron chi connectivity index (χ2n) is 3.13. The van der Waals surface area contributed by atoms with Gasteiger partial charge in [0.05, 0.1) is 10.0 Å². The Labute approximate surface area is 124 Å². The summed E-state index contributed by atoms with van der Waals surface area (Å²) < 4.78 is 1.22. The van der Waals surface area contributed by atoms with Gasteiger partial charge in [-0.1, -0.05) is 34.8 Å². The summed E-state index contributed by atoms with van der Waals surface area (Å²) in [5, 5.41) is 13.5. The lowest BCUT2D eigenvalue weighted by atomic mass is 10.4. The van der Waals surface area contributed by atoms with Gasteiger partial charge in [0.25, 0.3) is 0 Å². The number of pyridine rings is 1. The third kappa shape index (κ3) is 2.33. The van der Waals surface area contributed by atoms with Crippen LogP contribution in [0.2, 0.25) is 15.1 Å². The van der Waals surface area contributed by atoms with Crippen molar-refractivity contribution in [3.05, 3.63) is 37.6 Å². The number of aromatic nitrogens is 3. The monoisotopic (exact) mass is 369 g/mol. The number of rotatable bonds is 2. The zero-order chi connectivity index (χ0) is 13.4. The van der Waals surface area contributed by atoms with Gasteiger partial charge in [0.2, 0.25) is 0 Å². The number of hydrogen-bond donors (Lipinski definition) is 1. The molecule has 0 radical (unpaired) electrons. The van der Waals surface area contributed by atoms with Crippen LogP contribution in [0.25, 0.3) is 5.82 Å². The second kappa shape index (κ2) is 5.05. The molecule has 0 saturated carbocycles. The first-order valence-electron chi connectivity index (χ1n) is 4.40. The molecule has 0 unspecified atom stereocenters. The van der Waals surface area contributed by atoms with Crippen molar-refractivity contribution in [2.45, 2.75) is 0 Å². The molecule has 0 fully saturated rings. The Morgan fingerprint density at radius 2 is 2.06 bits per heavy atom. The van der Waals surface area contributed by atoms with Crippen molar-refractivity contribution in [2.24, 2.45) is 0 Å². The third-order valence-corrected chi connectivity index (χ3v) is 3.61. The van der Waals surface area contributed by atoms with Crippen LogP contribution in [0.5, 0.6) is 0 Å². The molecule has 2 rings (SSSR count). The lowest BCUT2D eigenvalue weighted by Crippen LogP contribution is -2.10. The Hall–Kier alpha value is -0.820. The van der Waals surface area contributed by atoms with E-state index in [1.54, 1.807) is 0 Å². The van der Waals surface area contributed by atoms with E-state index in [1.807, 2.05) is 0 Å². The fourth-order valence-electron chi connectivity index (χ4n) is 1.27. The van der Waals surface area contributed by atoms with E-state index in [9.17, 15) is 4.79 Å². The van der Waals surface area contributed by atoms with Crippen LogP contribution in [0.1, 0.15) is 10.5 Å². The molecular weight excluding hydrogens is 368 g/mol. The van der Waals surface area contributed by atoms with Gasteiger partial charge in [-0.2, -0.15) is 5.10 Å². The molecule has 0 amide bonds. The first kappa shape index (κ1) is 13.6. The van der Waals surface area contributed by atoms with Gasteiger partial charge < -0.3 is 5.11 Å². The summed E-state index contributed by atoms with van der Waals surface area (Å²) in [7, 11) is 0. The van der Waals surface area contributed by atoms with E-state index in [1.165, 1.54) is 12.3 Å². The van der Waals surface area contributed by atoms with Gasteiger partial charge >= 0.3 is 5.97 Å². The summed E-state index contributed by atoms with van der Waals surface area (Å²) in [5.74, 6) is -1.11. The minimum atomic E-state index is -1.24. The lowest BCUT2D eigenvalue weighted by Gasteiger charge is -2.05. The molecule has 0 aliphatic rings. The van der Waals surface area contributed by atoms with Crippen molar-refractivity contribution in [3.63, 3.8) is 0 Å². The Bertz CT molecular complexity index is 644. The smallest absolute Gasteiger partial charge is 0.356 e. The molecule has 0 bridgehead atoms. The zero-order valence-electron chi connectivity index (χ0n) is 8.36. The van der Waals surface area contributed by atoms with E-state index in [-0.39, 0.29) is 26.2 Å². The molecule has 5 nitrogen and oxygen atoms in total. The molecule has 0 spiro atoms. The van der Waals surface area contributed by atoms with Gasteiger partial charge in [0.15, 0.2) is 11.5 Å². The molecule has 0 aromatic carbocycles. The highest BCUT2D eigenvalue weighted by atomic mass is 79.9. The quantitative estimate of drug-likeness (QED) is 0.874. The predicted molar refractivity (Wildman–Crippen MR) is 71.0 cm³/mol. The van der Waals surface area contributed by atoms with Crippen molar-refractivity contribution >= 4 is 56.7 Å². The average Bonchev–Trinajstić information content (AvgIpc) is 2.55. The highest BCUT2D eigenvalue weighted by Crippen LogP contribution is 2.30. The Balaban J connectivity index is 2.71. The number of nitrogens with zero attached hydrogens (tertiary/aromatic N) is 3. The van der Waals surface area contributed by atoms with E-state index in [0.717, 1.165) is 4.68 Å². The van der Waals surface area contributed by atoms with Crippen LogP contribution < -0.4 is 0 Å². The average molecular weight is 371 g/mol. The van der Waals surface area contributed by atoms with Gasteiger partial charge in [-0.05, 0) is 22.0 Å². The fourth-order valence-corrected chi connectivity index (χ4v) is 2.28. The molecule has 0 aliphatic heterocycles. The number of carboxylic acids is 1. The summed E-state index contributed by atoms with van der Waals surface area (Å²) in [4.78, 5) is 15.1. The van der Waals surface area contributed by atoms with Gasteiger partial charge in [0.1, 0.15) is 9.63 Å². The van der Waals surface area contributed by atoms with E-state index in [2.05, 4.69) is 26.0 Å². The Kier molecular flexibility index (Phi) is 3.82. The van der Waals surface area contributed by atoms with Crippen LogP contribution in [0.3, 0.4) is 0 Å². The molecule has 18 heavy (non-hydrogen) atoms. The third-order valence-electron chi connectivity index (χ3n) is 1.98. The summed E-state index contributed by atoms with van der Waals surface area (Å²) in [6, 6.07) is 1.43. The molecular formula is C9H3BrCl3N3O2. The Morgan fingerprint density at radius 3 is 2.61 bits per heavy atom. The van der Waals surface area contributed by atoms with Gasteiger partial charge in [0, 0.05) is 6.20 Å². The predicted octanol–water partition coefficient (Wildman–Crippen LogP) is 3.69. The number of carboxylic acid groups (broad SMARTS) is 1. The molecule has 9 heteroatoms. The van der Waals surface area contributed by atoms with Crippen LogP contribution in [0.15, 0.2) is 16.9 Å². The van der Waals surface area contributed by atoms with Crippen molar-refractivity contribution in [1.82, 2.24) is 14.8 Å². The summed E-state index contributed by atoms with van der Waals surface area (Å²) in [6.45, 7) is 0. The van der Waals surface area contributed by atoms with Crippen LogP contribution in [-0.4, -0.2) is 25.8 Å². The van der Waals surface area contributed by atoms with Gasteiger partial charge in [-0.15, -0.1) is 0 Å². The van der Waals surface area contributed by atoms with Crippen molar-refractivity contribution in [1.29, 1.82) is 0 Å². The largest absolute Gasteiger partial charge is 0.476 e. The highest BCUT2D eigenvalue weighted by Gasteiger charge is 2.23. The maximum atomic E-state index is 11.1. The molecule has 94 valence electrons. The zero-order valence-corrected chi connectivity index (χ0v) is 12.2. The molecule has 1 N–H and O–H groups in total. The van der Waals surface area contributed by atoms with Gasteiger partial charge in [-0.25, -0.2) is 14.5 Å². The van der Waals surface area contributed by atoms with Gasteiger partial charge in [-0.3, -0.25) is 0 Å². The van der Waals surface area contributed by atoms with E-state index in [0.29, 0.717) is 5.02 Å². The summed E-state index contributed by atoms with van der Waals surface area (Å²) in [5.41, 5.74) is -0.236. The van der Waals surface area contributed by atoms with Crippen molar-refractivity contribution in [3.8, 4) is 5.82 Å². The lowest BCUT2D eigenvalue weighted by molar-refractivity contribution is 0.0687. The summed E-state index contributed by atoms with van der Waals surface area (Å²) in [6.07, 6.45) is 1.33. The summed E-state index contributed by atoms with van der Waals surface area (Å²) >= 11 is 20.5. The van der Waals surface area contributed by atoms with E-state index >= 15 is 0 Å². The molecule has 0 saturated heterocycles. The highest BCUT2D eigenvalue weighted by molar-refractivity contribution is 9.10. The van der Waals surface area contributed by atoms with Crippen LogP contribution >= 0.6 is 50.7 Å². The van der Waals surface area contributed by atoms with Crippen LogP contribution in [-0.2, 0) is 0 Å². The topological polar surface area (TPSA) is 68.0 Å². The molecule has 0 atom stereocenters.